The van der Waals surface area contributed by atoms with E-state index in [1.54, 1.807) is 56.3 Å². The SMILES string of the molecule is CCOC(=O)CCCNC(=O)Nc1cc(Cl)n(-c2ccc(-c3cccc(OC)c3O)cc2)c1C(=O)OCC. The Morgan fingerprint density at radius 2 is 1.74 bits per heavy atom. The van der Waals surface area contributed by atoms with Crippen LogP contribution in [-0.4, -0.2) is 54.5 Å². The van der Waals surface area contributed by atoms with Crippen LogP contribution in [0, 0.1) is 0 Å². The summed E-state index contributed by atoms with van der Waals surface area (Å²) in [5, 5.41) is 15.9. The molecular formula is C27H30ClN3O7. The van der Waals surface area contributed by atoms with E-state index in [1.165, 1.54) is 17.7 Å². The van der Waals surface area contributed by atoms with Crippen LogP contribution < -0.4 is 15.4 Å². The van der Waals surface area contributed by atoms with Crippen LogP contribution in [-0.2, 0) is 14.3 Å². The molecule has 0 fully saturated rings. The predicted octanol–water partition coefficient (Wildman–Crippen LogP) is 5.15. The number of methoxy groups -OCH3 is 1. The summed E-state index contributed by atoms with van der Waals surface area (Å²) in [7, 11) is 1.47. The molecule has 0 saturated heterocycles. The zero-order chi connectivity index (χ0) is 27.7. The second-order valence-electron chi connectivity index (χ2n) is 7.98. The molecule has 3 N–H and O–H groups in total. The van der Waals surface area contributed by atoms with Crippen LogP contribution in [0.4, 0.5) is 10.5 Å². The average molecular weight is 544 g/mol. The van der Waals surface area contributed by atoms with Gasteiger partial charge in [0, 0.05) is 30.3 Å². The van der Waals surface area contributed by atoms with Gasteiger partial charge in [-0.15, -0.1) is 0 Å². The Bertz CT molecular complexity index is 1290. The van der Waals surface area contributed by atoms with Crippen LogP contribution >= 0.6 is 11.6 Å². The Morgan fingerprint density at radius 1 is 1.03 bits per heavy atom. The summed E-state index contributed by atoms with van der Waals surface area (Å²) >= 11 is 6.50. The number of para-hydroxylation sites is 1. The van der Waals surface area contributed by atoms with E-state index in [0.29, 0.717) is 35.6 Å². The minimum Gasteiger partial charge on any atom is -0.504 e. The number of rotatable bonds is 11. The molecular weight excluding hydrogens is 514 g/mol. The number of halogens is 1. The summed E-state index contributed by atoms with van der Waals surface area (Å²) in [5.41, 5.74) is 2.02. The third-order valence-corrected chi connectivity index (χ3v) is 5.75. The number of esters is 2. The number of hydrogen-bond acceptors (Lipinski definition) is 7. The van der Waals surface area contributed by atoms with Crippen LogP contribution in [0.15, 0.2) is 48.5 Å². The third-order valence-electron chi connectivity index (χ3n) is 5.48. The highest BCUT2D eigenvalue weighted by Crippen LogP contribution is 2.37. The van der Waals surface area contributed by atoms with Crippen molar-refractivity contribution in [1.29, 1.82) is 0 Å². The second-order valence-corrected chi connectivity index (χ2v) is 8.37. The maximum absolute atomic E-state index is 12.9. The van der Waals surface area contributed by atoms with Gasteiger partial charge in [0.25, 0.3) is 0 Å². The van der Waals surface area contributed by atoms with Crippen molar-refractivity contribution in [1.82, 2.24) is 9.88 Å². The lowest BCUT2D eigenvalue weighted by atomic mass is 10.0. The first-order valence-electron chi connectivity index (χ1n) is 12.1. The summed E-state index contributed by atoms with van der Waals surface area (Å²) in [6, 6.07) is 13.0. The number of phenolic OH excluding ortho intramolecular Hbond substituents is 1. The molecule has 0 bridgehead atoms. The third kappa shape index (κ3) is 6.77. The molecule has 2 amide bonds. The summed E-state index contributed by atoms with van der Waals surface area (Å²) < 4.78 is 16.7. The fourth-order valence-electron chi connectivity index (χ4n) is 3.77. The van der Waals surface area contributed by atoms with E-state index >= 15 is 0 Å². The predicted molar refractivity (Wildman–Crippen MR) is 143 cm³/mol. The Kier molecular flexibility index (Phi) is 10.0. The molecule has 0 aliphatic heterocycles. The van der Waals surface area contributed by atoms with Crippen molar-refractivity contribution in [3.8, 4) is 28.3 Å². The first-order chi connectivity index (χ1) is 18.3. The first kappa shape index (κ1) is 28.4. The summed E-state index contributed by atoms with van der Waals surface area (Å²) in [6.45, 7) is 4.04. The van der Waals surface area contributed by atoms with Crippen molar-refractivity contribution in [2.45, 2.75) is 26.7 Å². The highest BCUT2D eigenvalue weighted by molar-refractivity contribution is 6.31. The summed E-state index contributed by atoms with van der Waals surface area (Å²) in [6.07, 6.45) is 0.571. The fraction of sp³-hybridized carbons (Fsp3) is 0.296. The van der Waals surface area contributed by atoms with Gasteiger partial charge in [-0.3, -0.25) is 9.36 Å². The number of nitrogens with one attached hydrogen (secondary N) is 2. The Balaban J connectivity index is 1.84. The molecule has 0 unspecified atom stereocenters. The number of carbonyl (C=O) groups is 3. The molecule has 1 heterocycles. The van der Waals surface area contributed by atoms with Crippen LogP contribution in [0.5, 0.6) is 11.5 Å². The van der Waals surface area contributed by atoms with Gasteiger partial charge in [0.1, 0.15) is 5.15 Å². The molecule has 202 valence electrons. The number of phenols is 1. The van der Waals surface area contributed by atoms with E-state index in [0.717, 1.165) is 0 Å². The fourth-order valence-corrected chi connectivity index (χ4v) is 4.06. The first-order valence-corrected chi connectivity index (χ1v) is 12.4. The highest BCUT2D eigenvalue weighted by atomic mass is 35.5. The van der Waals surface area contributed by atoms with Crippen molar-refractivity contribution in [3.63, 3.8) is 0 Å². The number of carbonyl (C=O) groups excluding carboxylic acids is 3. The number of benzene rings is 2. The topological polar surface area (TPSA) is 128 Å². The maximum atomic E-state index is 12.9. The molecule has 0 saturated carbocycles. The molecule has 38 heavy (non-hydrogen) atoms. The van der Waals surface area contributed by atoms with Crippen molar-refractivity contribution in [2.75, 3.05) is 32.2 Å². The van der Waals surface area contributed by atoms with Crippen molar-refractivity contribution in [3.05, 3.63) is 59.4 Å². The Morgan fingerprint density at radius 3 is 2.39 bits per heavy atom. The van der Waals surface area contributed by atoms with E-state index in [9.17, 15) is 19.5 Å². The molecule has 0 spiro atoms. The van der Waals surface area contributed by atoms with Gasteiger partial charge in [0.15, 0.2) is 17.2 Å². The summed E-state index contributed by atoms with van der Waals surface area (Å²) in [4.78, 5) is 36.8. The van der Waals surface area contributed by atoms with Gasteiger partial charge in [0.05, 0.1) is 26.0 Å². The van der Waals surface area contributed by atoms with Gasteiger partial charge >= 0.3 is 18.0 Å². The van der Waals surface area contributed by atoms with Crippen LogP contribution in [0.2, 0.25) is 5.15 Å². The molecule has 0 atom stereocenters. The van der Waals surface area contributed by atoms with Crippen LogP contribution in [0.3, 0.4) is 0 Å². The van der Waals surface area contributed by atoms with E-state index in [4.69, 9.17) is 25.8 Å². The number of amides is 2. The molecule has 1 aromatic heterocycles. The molecule has 0 radical (unpaired) electrons. The van der Waals surface area contributed by atoms with Gasteiger partial charge in [-0.25, -0.2) is 9.59 Å². The van der Waals surface area contributed by atoms with Gasteiger partial charge in [-0.2, -0.15) is 0 Å². The maximum Gasteiger partial charge on any atom is 0.357 e. The monoisotopic (exact) mass is 543 g/mol. The quantitative estimate of drug-likeness (QED) is 0.225. The van der Waals surface area contributed by atoms with E-state index < -0.39 is 12.0 Å². The zero-order valence-electron chi connectivity index (χ0n) is 21.4. The van der Waals surface area contributed by atoms with Crippen molar-refractivity contribution < 1.29 is 33.7 Å². The van der Waals surface area contributed by atoms with E-state index in [1.807, 2.05) is 0 Å². The molecule has 0 aliphatic rings. The number of aromatic hydroxyl groups is 1. The number of aromatic nitrogens is 1. The highest BCUT2D eigenvalue weighted by Gasteiger charge is 2.24. The number of ether oxygens (including phenoxy) is 3. The smallest absolute Gasteiger partial charge is 0.357 e. The molecule has 2 aromatic carbocycles. The molecule has 3 rings (SSSR count). The average Bonchev–Trinajstić information content (AvgIpc) is 3.22. The van der Waals surface area contributed by atoms with Gasteiger partial charge in [-0.05, 0) is 44.0 Å². The lowest BCUT2D eigenvalue weighted by Gasteiger charge is -2.14. The molecule has 11 heteroatoms. The van der Waals surface area contributed by atoms with E-state index in [2.05, 4.69) is 10.6 Å². The lowest BCUT2D eigenvalue weighted by Crippen LogP contribution is -2.30. The molecule has 3 aromatic rings. The number of urea groups is 1. The minimum absolute atomic E-state index is 0.00807. The number of hydrogen-bond donors (Lipinski definition) is 3. The number of nitrogens with zero attached hydrogens (tertiary/aromatic N) is 1. The van der Waals surface area contributed by atoms with Gasteiger partial charge in [-0.1, -0.05) is 35.9 Å². The zero-order valence-corrected chi connectivity index (χ0v) is 22.1. The standard InChI is InChI=1S/C27H30ClN3O7/c1-4-37-23(32)10-7-15-29-27(35)30-20-16-22(28)31(24(20)26(34)38-5-2)18-13-11-17(12-14-18)19-8-6-9-21(36-3)25(19)33/h6,8-9,11-14,16,33H,4-5,7,10,15H2,1-3H3,(H2,29,30,35). The largest absolute Gasteiger partial charge is 0.504 e. The second kappa shape index (κ2) is 13.4. The Labute approximate surface area is 225 Å². The number of anilines is 1. The molecule has 10 nitrogen and oxygen atoms in total. The van der Waals surface area contributed by atoms with Gasteiger partial charge < -0.3 is 30.0 Å². The van der Waals surface area contributed by atoms with Crippen LogP contribution in [0.25, 0.3) is 16.8 Å². The summed E-state index contributed by atoms with van der Waals surface area (Å²) in [5.74, 6) is -0.657. The Hall–Kier alpha value is -4.18. The normalized spacial score (nSPS) is 10.5. The molecule has 0 aliphatic carbocycles. The van der Waals surface area contributed by atoms with E-state index in [-0.39, 0.29) is 47.8 Å². The van der Waals surface area contributed by atoms with Crippen LogP contribution in [0.1, 0.15) is 37.2 Å². The van der Waals surface area contributed by atoms with Crippen molar-refractivity contribution in [2.24, 2.45) is 0 Å². The lowest BCUT2D eigenvalue weighted by molar-refractivity contribution is -0.143. The van der Waals surface area contributed by atoms with Crippen molar-refractivity contribution >= 4 is 35.3 Å². The van der Waals surface area contributed by atoms with Gasteiger partial charge in [0.2, 0.25) is 0 Å². The minimum atomic E-state index is -0.675.